The number of hydrogen-bond donors (Lipinski definition) is 1. The maximum atomic E-state index is 12.2. The van der Waals surface area contributed by atoms with Crippen LogP contribution in [0.1, 0.15) is 40.5 Å². The van der Waals surface area contributed by atoms with E-state index in [4.69, 9.17) is 0 Å². The van der Waals surface area contributed by atoms with Gasteiger partial charge in [0.05, 0.1) is 6.42 Å². The second-order valence-corrected chi connectivity index (χ2v) is 6.29. The van der Waals surface area contributed by atoms with Gasteiger partial charge in [0, 0.05) is 19.6 Å². The maximum Gasteiger partial charge on any atom is 0.390 e. The summed E-state index contributed by atoms with van der Waals surface area (Å²) in [5, 5.41) is 3.41. The van der Waals surface area contributed by atoms with Crippen LogP contribution in [0.3, 0.4) is 0 Å². The van der Waals surface area contributed by atoms with Gasteiger partial charge < -0.3 is 10.2 Å². The number of alkyl halides is 3. The van der Waals surface area contributed by atoms with E-state index in [-0.39, 0.29) is 12.0 Å². The Bertz CT molecular complexity index is 241. The standard InChI is InChI=1S/C14H29F3N2/c1-6-13(4,10-18-9-12(2)3)11-19(5)8-7-14(15,16)17/h12,18H,6-11H2,1-5H3. The van der Waals surface area contributed by atoms with E-state index in [9.17, 15) is 13.2 Å². The molecule has 1 N–H and O–H groups in total. The molecule has 116 valence electrons. The van der Waals surface area contributed by atoms with Crippen molar-refractivity contribution in [1.82, 2.24) is 10.2 Å². The van der Waals surface area contributed by atoms with Crippen molar-refractivity contribution in [3.8, 4) is 0 Å². The van der Waals surface area contributed by atoms with Crippen LogP contribution < -0.4 is 5.32 Å². The molecule has 0 heterocycles. The van der Waals surface area contributed by atoms with Gasteiger partial charge in [0.25, 0.3) is 0 Å². The van der Waals surface area contributed by atoms with Crippen molar-refractivity contribution >= 4 is 0 Å². The average molecular weight is 282 g/mol. The first-order chi connectivity index (χ1) is 8.58. The van der Waals surface area contributed by atoms with E-state index in [1.54, 1.807) is 11.9 Å². The summed E-state index contributed by atoms with van der Waals surface area (Å²) in [6, 6.07) is 0. The van der Waals surface area contributed by atoms with E-state index in [1.165, 1.54) is 0 Å². The highest BCUT2D eigenvalue weighted by molar-refractivity contribution is 4.79. The van der Waals surface area contributed by atoms with Gasteiger partial charge in [-0.15, -0.1) is 0 Å². The third-order valence-electron chi connectivity index (χ3n) is 3.39. The lowest BCUT2D eigenvalue weighted by atomic mass is 9.86. The molecule has 0 amide bonds. The molecule has 0 bridgehead atoms. The largest absolute Gasteiger partial charge is 0.390 e. The molecule has 0 rings (SSSR count). The highest BCUT2D eigenvalue weighted by atomic mass is 19.4. The first-order valence-corrected chi connectivity index (χ1v) is 7.04. The van der Waals surface area contributed by atoms with Crippen LogP contribution in [0.15, 0.2) is 0 Å². The minimum Gasteiger partial charge on any atom is -0.316 e. The highest BCUT2D eigenvalue weighted by Gasteiger charge is 2.29. The number of nitrogens with zero attached hydrogens (tertiary/aromatic N) is 1. The molecule has 0 saturated carbocycles. The normalized spacial score (nSPS) is 16.1. The maximum absolute atomic E-state index is 12.2. The van der Waals surface area contributed by atoms with Crippen LogP contribution in [-0.4, -0.2) is 44.3 Å². The van der Waals surface area contributed by atoms with Gasteiger partial charge in [0.2, 0.25) is 0 Å². The van der Waals surface area contributed by atoms with E-state index < -0.39 is 12.6 Å². The van der Waals surface area contributed by atoms with Crippen LogP contribution in [0.25, 0.3) is 0 Å². The minimum atomic E-state index is -4.06. The Balaban J connectivity index is 4.13. The number of nitrogens with one attached hydrogen (secondary N) is 1. The van der Waals surface area contributed by atoms with Crippen LogP contribution in [0.2, 0.25) is 0 Å². The zero-order chi connectivity index (χ0) is 15.1. The fourth-order valence-corrected chi connectivity index (χ4v) is 2.00. The molecule has 19 heavy (non-hydrogen) atoms. The zero-order valence-corrected chi connectivity index (χ0v) is 12.9. The summed E-state index contributed by atoms with van der Waals surface area (Å²) >= 11 is 0. The summed E-state index contributed by atoms with van der Waals surface area (Å²) < 4.78 is 36.5. The van der Waals surface area contributed by atoms with Crippen molar-refractivity contribution in [3.63, 3.8) is 0 Å². The monoisotopic (exact) mass is 282 g/mol. The van der Waals surface area contributed by atoms with Crippen LogP contribution in [-0.2, 0) is 0 Å². The first kappa shape index (κ1) is 18.7. The van der Waals surface area contributed by atoms with E-state index >= 15 is 0 Å². The highest BCUT2D eigenvalue weighted by Crippen LogP contribution is 2.23. The van der Waals surface area contributed by atoms with E-state index in [0.717, 1.165) is 19.5 Å². The number of rotatable bonds is 9. The molecule has 0 radical (unpaired) electrons. The molecule has 0 spiro atoms. The van der Waals surface area contributed by atoms with Gasteiger partial charge in [-0.2, -0.15) is 13.2 Å². The second kappa shape index (κ2) is 8.10. The summed E-state index contributed by atoms with van der Waals surface area (Å²) in [5.41, 5.74) is 0.0231. The molecule has 0 aliphatic carbocycles. The van der Waals surface area contributed by atoms with Gasteiger partial charge in [0.15, 0.2) is 0 Å². The third kappa shape index (κ3) is 10.2. The topological polar surface area (TPSA) is 15.3 Å². The van der Waals surface area contributed by atoms with Crippen molar-refractivity contribution in [3.05, 3.63) is 0 Å². The van der Waals surface area contributed by atoms with Gasteiger partial charge in [-0.1, -0.05) is 27.7 Å². The van der Waals surface area contributed by atoms with Crippen LogP contribution in [0.5, 0.6) is 0 Å². The molecule has 0 aromatic heterocycles. The van der Waals surface area contributed by atoms with E-state index in [2.05, 4.69) is 33.0 Å². The average Bonchev–Trinajstić information content (AvgIpc) is 2.25. The Hall–Kier alpha value is -0.290. The van der Waals surface area contributed by atoms with Gasteiger partial charge in [-0.25, -0.2) is 0 Å². The Labute approximate surface area is 115 Å². The molecule has 0 fully saturated rings. The first-order valence-electron chi connectivity index (χ1n) is 7.04. The molecule has 0 aromatic rings. The predicted octanol–water partition coefficient (Wildman–Crippen LogP) is 3.53. The third-order valence-corrected chi connectivity index (χ3v) is 3.39. The molecule has 1 atom stereocenters. The molecule has 0 aromatic carbocycles. The molecule has 2 nitrogen and oxygen atoms in total. The summed E-state index contributed by atoms with van der Waals surface area (Å²) in [7, 11) is 1.77. The van der Waals surface area contributed by atoms with Gasteiger partial charge >= 0.3 is 6.18 Å². The second-order valence-electron chi connectivity index (χ2n) is 6.29. The molecular weight excluding hydrogens is 253 g/mol. The van der Waals surface area contributed by atoms with Crippen LogP contribution in [0, 0.1) is 11.3 Å². The summed E-state index contributed by atoms with van der Waals surface area (Å²) in [4.78, 5) is 1.79. The van der Waals surface area contributed by atoms with Crippen molar-refractivity contribution in [1.29, 1.82) is 0 Å². The molecule has 1 unspecified atom stereocenters. The van der Waals surface area contributed by atoms with Gasteiger partial charge in [-0.05, 0) is 31.3 Å². The van der Waals surface area contributed by atoms with Gasteiger partial charge in [0.1, 0.15) is 0 Å². The van der Waals surface area contributed by atoms with Crippen molar-refractivity contribution in [2.45, 2.75) is 46.7 Å². The summed E-state index contributed by atoms with van der Waals surface area (Å²) in [6.07, 6.45) is -3.84. The lowest BCUT2D eigenvalue weighted by molar-refractivity contribution is -0.138. The Morgan fingerprint density at radius 1 is 1.21 bits per heavy atom. The molecule has 0 saturated heterocycles. The number of halogens is 3. The quantitative estimate of drug-likeness (QED) is 0.696. The Morgan fingerprint density at radius 3 is 2.21 bits per heavy atom. The van der Waals surface area contributed by atoms with Gasteiger partial charge in [-0.3, -0.25) is 0 Å². The van der Waals surface area contributed by atoms with Crippen LogP contribution >= 0.6 is 0 Å². The van der Waals surface area contributed by atoms with Crippen LogP contribution in [0.4, 0.5) is 13.2 Å². The smallest absolute Gasteiger partial charge is 0.316 e. The Kier molecular flexibility index (Phi) is 7.98. The summed E-state index contributed by atoms with van der Waals surface area (Å²) in [6.45, 7) is 11.1. The zero-order valence-electron chi connectivity index (χ0n) is 12.9. The minimum absolute atomic E-state index is 0.0231. The van der Waals surface area contributed by atoms with Crippen molar-refractivity contribution < 1.29 is 13.2 Å². The molecule has 0 aliphatic heterocycles. The number of hydrogen-bond acceptors (Lipinski definition) is 2. The van der Waals surface area contributed by atoms with Crippen molar-refractivity contribution in [2.24, 2.45) is 11.3 Å². The Morgan fingerprint density at radius 2 is 1.79 bits per heavy atom. The van der Waals surface area contributed by atoms with Crippen molar-refractivity contribution in [2.75, 3.05) is 33.2 Å². The molecular formula is C14H29F3N2. The fourth-order valence-electron chi connectivity index (χ4n) is 2.00. The lowest BCUT2D eigenvalue weighted by Gasteiger charge is -2.33. The lowest BCUT2D eigenvalue weighted by Crippen LogP contribution is -2.42. The summed E-state index contributed by atoms with van der Waals surface area (Å²) in [5.74, 6) is 0.587. The molecule has 5 heteroatoms. The SMILES string of the molecule is CCC(C)(CNCC(C)C)CN(C)CCC(F)(F)F. The van der Waals surface area contributed by atoms with E-state index in [1.807, 2.05) is 0 Å². The molecule has 0 aliphatic rings. The predicted molar refractivity (Wildman–Crippen MR) is 74.3 cm³/mol. The fraction of sp³-hybridized carbons (Fsp3) is 1.00. The van der Waals surface area contributed by atoms with E-state index in [0.29, 0.717) is 12.5 Å².